The summed E-state index contributed by atoms with van der Waals surface area (Å²) in [6.07, 6.45) is -0.700. The normalized spacial score (nSPS) is 28.5. The van der Waals surface area contributed by atoms with Crippen molar-refractivity contribution in [3.05, 3.63) is 0 Å². The Bertz CT molecular complexity index is 196. The molecule has 0 bridgehead atoms. The number of alkyl halides is 1. The number of nitrogens with zero attached hydrogens (tertiary/aromatic N) is 1. The number of likely N-dealkylation sites (tertiary alicyclic amines) is 1. The van der Waals surface area contributed by atoms with Crippen LogP contribution >= 0.6 is 0 Å². The maximum Gasteiger partial charge on any atom is 0.225 e. The molecule has 0 radical (unpaired) electrons. The van der Waals surface area contributed by atoms with Gasteiger partial charge in [0.05, 0.1) is 19.2 Å². The van der Waals surface area contributed by atoms with Crippen LogP contribution in [-0.2, 0) is 4.79 Å². The zero-order valence-electron chi connectivity index (χ0n) is 8.03. The minimum Gasteiger partial charge on any atom is -0.394 e. The summed E-state index contributed by atoms with van der Waals surface area (Å²) in [7, 11) is 0. The Morgan fingerprint density at radius 3 is 2.77 bits per heavy atom. The van der Waals surface area contributed by atoms with Crippen molar-refractivity contribution in [2.24, 2.45) is 5.92 Å². The molecular formula is C9H16FNO2. The SMILES string of the molecule is CC(C)C(=O)N1C[C@@H](F)C[C@H]1CO. The molecule has 0 unspecified atom stereocenters. The van der Waals surface area contributed by atoms with E-state index in [1.54, 1.807) is 13.8 Å². The third-order valence-electron chi connectivity index (χ3n) is 2.35. The van der Waals surface area contributed by atoms with Crippen LogP contribution in [-0.4, -0.2) is 41.3 Å². The molecule has 1 heterocycles. The molecule has 1 rings (SSSR count). The molecular weight excluding hydrogens is 173 g/mol. The van der Waals surface area contributed by atoms with Crippen molar-refractivity contribution >= 4 is 5.91 Å². The number of aliphatic hydroxyl groups is 1. The van der Waals surface area contributed by atoms with E-state index in [0.29, 0.717) is 0 Å². The Labute approximate surface area is 77.5 Å². The molecule has 1 N–H and O–H groups in total. The second kappa shape index (κ2) is 4.05. The van der Waals surface area contributed by atoms with E-state index in [1.165, 1.54) is 4.90 Å². The lowest BCUT2D eigenvalue weighted by Crippen LogP contribution is -2.40. The van der Waals surface area contributed by atoms with E-state index in [0.717, 1.165) is 0 Å². The number of carbonyl (C=O) groups is 1. The van der Waals surface area contributed by atoms with Crippen LogP contribution in [0.3, 0.4) is 0 Å². The number of rotatable bonds is 2. The van der Waals surface area contributed by atoms with Gasteiger partial charge in [0, 0.05) is 12.3 Å². The molecule has 0 spiro atoms. The van der Waals surface area contributed by atoms with Crippen LogP contribution in [0.2, 0.25) is 0 Å². The van der Waals surface area contributed by atoms with E-state index in [1.807, 2.05) is 0 Å². The minimum atomic E-state index is -0.972. The van der Waals surface area contributed by atoms with Gasteiger partial charge in [0.1, 0.15) is 6.17 Å². The van der Waals surface area contributed by atoms with Gasteiger partial charge in [-0.15, -0.1) is 0 Å². The molecule has 0 aromatic rings. The van der Waals surface area contributed by atoms with E-state index in [4.69, 9.17) is 5.11 Å². The quantitative estimate of drug-likeness (QED) is 0.690. The molecule has 13 heavy (non-hydrogen) atoms. The molecule has 2 atom stereocenters. The minimum absolute atomic E-state index is 0.0702. The van der Waals surface area contributed by atoms with Crippen molar-refractivity contribution in [3.63, 3.8) is 0 Å². The van der Waals surface area contributed by atoms with Gasteiger partial charge < -0.3 is 10.0 Å². The standard InChI is InChI=1S/C9H16FNO2/c1-6(2)9(13)11-4-7(10)3-8(11)5-12/h6-8,12H,3-5H2,1-2H3/t7-,8-/m0/s1. The van der Waals surface area contributed by atoms with Crippen LogP contribution in [0.15, 0.2) is 0 Å². The first-order valence-corrected chi connectivity index (χ1v) is 4.61. The van der Waals surface area contributed by atoms with E-state index in [-0.39, 0.29) is 37.4 Å². The Kier molecular flexibility index (Phi) is 3.25. The van der Waals surface area contributed by atoms with Crippen molar-refractivity contribution in [2.75, 3.05) is 13.2 Å². The van der Waals surface area contributed by atoms with Crippen LogP contribution in [0.1, 0.15) is 20.3 Å². The molecule has 1 fully saturated rings. The molecule has 0 aromatic carbocycles. The van der Waals surface area contributed by atoms with Crippen molar-refractivity contribution in [1.29, 1.82) is 0 Å². The van der Waals surface area contributed by atoms with E-state index >= 15 is 0 Å². The Balaban J connectivity index is 2.62. The number of halogens is 1. The Hall–Kier alpha value is -0.640. The lowest BCUT2D eigenvalue weighted by Gasteiger charge is -2.24. The number of hydrogen-bond donors (Lipinski definition) is 1. The van der Waals surface area contributed by atoms with Gasteiger partial charge >= 0.3 is 0 Å². The molecule has 1 amide bonds. The molecule has 1 aliphatic rings. The number of hydrogen-bond acceptors (Lipinski definition) is 2. The lowest BCUT2D eigenvalue weighted by molar-refractivity contribution is -0.136. The van der Waals surface area contributed by atoms with E-state index in [9.17, 15) is 9.18 Å². The number of aliphatic hydroxyl groups excluding tert-OH is 1. The average molecular weight is 189 g/mol. The fourth-order valence-corrected chi connectivity index (χ4v) is 1.63. The highest BCUT2D eigenvalue weighted by atomic mass is 19.1. The van der Waals surface area contributed by atoms with Crippen LogP contribution in [0.5, 0.6) is 0 Å². The van der Waals surface area contributed by atoms with E-state index < -0.39 is 6.17 Å². The molecule has 0 aliphatic carbocycles. The maximum absolute atomic E-state index is 12.9. The molecule has 0 aromatic heterocycles. The van der Waals surface area contributed by atoms with Crippen molar-refractivity contribution in [1.82, 2.24) is 4.90 Å². The van der Waals surface area contributed by atoms with Crippen LogP contribution < -0.4 is 0 Å². The van der Waals surface area contributed by atoms with Gasteiger partial charge in [-0.1, -0.05) is 13.8 Å². The molecule has 4 heteroatoms. The van der Waals surface area contributed by atoms with Gasteiger partial charge in [-0.3, -0.25) is 4.79 Å². The first kappa shape index (κ1) is 10.4. The van der Waals surface area contributed by atoms with Crippen LogP contribution in [0.25, 0.3) is 0 Å². The monoisotopic (exact) mass is 189 g/mol. The Morgan fingerprint density at radius 1 is 1.69 bits per heavy atom. The summed E-state index contributed by atoms with van der Waals surface area (Å²) in [5.74, 6) is -0.196. The highest BCUT2D eigenvalue weighted by molar-refractivity contribution is 5.78. The largest absolute Gasteiger partial charge is 0.394 e. The van der Waals surface area contributed by atoms with Crippen molar-refractivity contribution in [2.45, 2.75) is 32.5 Å². The summed E-state index contributed by atoms with van der Waals surface area (Å²) in [4.78, 5) is 13.0. The third kappa shape index (κ3) is 2.18. The predicted octanol–water partition coefficient (Wildman–Crippen LogP) is 0.574. The summed E-state index contributed by atoms with van der Waals surface area (Å²) in [5, 5.41) is 8.92. The van der Waals surface area contributed by atoms with Crippen LogP contribution in [0, 0.1) is 5.92 Å². The average Bonchev–Trinajstić information content (AvgIpc) is 2.45. The van der Waals surface area contributed by atoms with Crippen LogP contribution in [0.4, 0.5) is 4.39 Å². The van der Waals surface area contributed by atoms with Gasteiger partial charge in [-0.2, -0.15) is 0 Å². The van der Waals surface area contributed by atoms with Gasteiger partial charge in [0.15, 0.2) is 0 Å². The van der Waals surface area contributed by atoms with Gasteiger partial charge in [-0.05, 0) is 0 Å². The van der Waals surface area contributed by atoms with Crippen molar-refractivity contribution in [3.8, 4) is 0 Å². The first-order valence-electron chi connectivity index (χ1n) is 4.61. The van der Waals surface area contributed by atoms with Gasteiger partial charge in [-0.25, -0.2) is 4.39 Å². The summed E-state index contributed by atoms with van der Waals surface area (Å²) in [6, 6.07) is -0.315. The second-order valence-electron chi connectivity index (χ2n) is 3.81. The summed E-state index contributed by atoms with van der Waals surface area (Å²) >= 11 is 0. The Morgan fingerprint density at radius 2 is 2.31 bits per heavy atom. The first-order chi connectivity index (χ1) is 6.06. The smallest absolute Gasteiger partial charge is 0.225 e. The molecule has 0 saturated carbocycles. The fraction of sp³-hybridized carbons (Fsp3) is 0.889. The fourth-order valence-electron chi connectivity index (χ4n) is 1.63. The number of carbonyl (C=O) groups excluding carboxylic acids is 1. The predicted molar refractivity (Wildman–Crippen MR) is 46.9 cm³/mol. The summed E-state index contributed by atoms with van der Waals surface area (Å²) in [5.41, 5.74) is 0. The van der Waals surface area contributed by atoms with E-state index in [2.05, 4.69) is 0 Å². The summed E-state index contributed by atoms with van der Waals surface area (Å²) in [6.45, 7) is 3.56. The zero-order chi connectivity index (χ0) is 10.0. The maximum atomic E-state index is 12.9. The topological polar surface area (TPSA) is 40.5 Å². The molecule has 3 nitrogen and oxygen atoms in total. The highest BCUT2D eigenvalue weighted by Gasteiger charge is 2.35. The van der Waals surface area contributed by atoms with Gasteiger partial charge in [0.2, 0.25) is 5.91 Å². The summed E-state index contributed by atoms with van der Waals surface area (Å²) < 4.78 is 12.9. The molecule has 1 aliphatic heterocycles. The van der Waals surface area contributed by atoms with Gasteiger partial charge in [0.25, 0.3) is 0 Å². The van der Waals surface area contributed by atoms with Crippen molar-refractivity contribution < 1.29 is 14.3 Å². The lowest BCUT2D eigenvalue weighted by atomic mass is 10.1. The molecule has 1 saturated heterocycles. The molecule has 76 valence electrons. The zero-order valence-corrected chi connectivity index (χ0v) is 8.03. The third-order valence-corrected chi connectivity index (χ3v) is 2.35. The highest BCUT2D eigenvalue weighted by Crippen LogP contribution is 2.21. The second-order valence-corrected chi connectivity index (χ2v) is 3.81. The number of amides is 1.